The van der Waals surface area contributed by atoms with Gasteiger partial charge in [-0.1, -0.05) is 24.3 Å². The van der Waals surface area contributed by atoms with Crippen molar-refractivity contribution in [3.05, 3.63) is 70.8 Å². The van der Waals surface area contributed by atoms with E-state index in [1.165, 1.54) is 0 Å². The molecule has 0 aliphatic heterocycles. The Morgan fingerprint density at radius 2 is 1.85 bits per heavy atom. The second-order valence-corrected chi connectivity index (χ2v) is 6.53. The Morgan fingerprint density at radius 3 is 2.59 bits per heavy atom. The molecule has 0 amide bonds. The van der Waals surface area contributed by atoms with Crippen LogP contribution >= 0.6 is 0 Å². The number of nitrogens with zero attached hydrogens (tertiary/aromatic N) is 2. The van der Waals surface area contributed by atoms with Crippen LogP contribution in [-0.4, -0.2) is 32.4 Å². The van der Waals surface area contributed by atoms with E-state index in [9.17, 15) is 15.0 Å². The predicted molar refractivity (Wildman–Crippen MR) is 99.9 cm³/mol. The zero-order chi connectivity index (χ0) is 18.5. The van der Waals surface area contributed by atoms with Crippen LogP contribution in [0, 0.1) is 0 Å². The number of phenols is 1. The van der Waals surface area contributed by atoms with Crippen molar-refractivity contribution in [2.24, 2.45) is 0 Å². The third kappa shape index (κ3) is 5.07. The first-order chi connectivity index (χ1) is 12.6. The number of rotatable bonds is 7. The lowest BCUT2D eigenvalue weighted by Crippen LogP contribution is -3.00. The van der Waals surface area contributed by atoms with E-state index in [2.05, 4.69) is 10.3 Å². The van der Waals surface area contributed by atoms with Crippen LogP contribution < -0.4 is 23.3 Å². The largest absolute Gasteiger partial charge is 1.00 e. The molecule has 0 fully saturated rings. The third-order valence-electron chi connectivity index (χ3n) is 4.61. The Hall–Kier alpha value is -2.41. The molecular formula is C20H24ClN3O3. The van der Waals surface area contributed by atoms with Crippen LogP contribution in [0.25, 0.3) is 10.9 Å². The van der Waals surface area contributed by atoms with Gasteiger partial charge in [0.15, 0.2) is 0 Å². The number of aliphatic hydroxyl groups excluding tert-OH is 1. The number of fused-ring (bicyclic) bond motifs is 1. The fraction of sp³-hybridized carbons (Fsp3) is 0.300. The summed E-state index contributed by atoms with van der Waals surface area (Å²) in [5.41, 5.74) is 1.47. The molecule has 27 heavy (non-hydrogen) atoms. The third-order valence-corrected chi connectivity index (χ3v) is 4.61. The van der Waals surface area contributed by atoms with E-state index in [-0.39, 0.29) is 29.8 Å². The number of halogens is 1. The maximum absolute atomic E-state index is 12.4. The Balaban J connectivity index is 0.00000261. The second-order valence-electron chi connectivity index (χ2n) is 6.53. The zero-order valence-corrected chi connectivity index (χ0v) is 15.9. The van der Waals surface area contributed by atoms with E-state index in [4.69, 9.17) is 0 Å². The van der Waals surface area contributed by atoms with Gasteiger partial charge in [-0.05, 0) is 36.8 Å². The number of quaternary nitrogens is 1. The molecule has 0 aliphatic rings. The normalized spacial score (nSPS) is 13.1. The molecule has 4 N–H and O–H groups in total. The molecule has 1 heterocycles. The molecule has 1 aromatic heterocycles. The summed E-state index contributed by atoms with van der Waals surface area (Å²) in [7, 11) is 0. The monoisotopic (exact) mass is 389 g/mol. The van der Waals surface area contributed by atoms with Gasteiger partial charge in [-0.3, -0.25) is 9.36 Å². The first kappa shape index (κ1) is 20.9. The van der Waals surface area contributed by atoms with Crippen LogP contribution in [0.2, 0.25) is 0 Å². The molecule has 0 spiro atoms. The number of aromatic nitrogens is 2. The topological polar surface area (TPSA) is 92.0 Å². The van der Waals surface area contributed by atoms with Crippen molar-refractivity contribution in [2.45, 2.75) is 32.0 Å². The van der Waals surface area contributed by atoms with Gasteiger partial charge in [0, 0.05) is 13.0 Å². The number of aryl methyl sites for hydroxylation is 1. The zero-order valence-electron chi connectivity index (χ0n) is 15.1. The fourth-order valence-electron chi connectivity index (χ4n) is 3.01. The van der Waals surface area contributed by atoms with E-state index in [1.807, 2.05) is 25.1 Å². The van der Waals surface area contributed by atoms with Crippen LogP contribution in [0.1, 0.15) is 25.0 Å². The molecule has 7 heteroatoms. The van der Waals surface area contributed by atoms with Crippen molar-refractivity contribution >= 4 is 10.9 Å². The van der Waals surface area contributed by atoms with E-state index in [1.54, 1.807) is 41.2 Å². The summed E-state index contributed by atoms with van der Waals surface area (Å²) in [5.74, 6) is 0.187. The van der Waals surface area contributed by atoms with Crippen LogP contribution in [0.5, 0.6) is 5.75 Å². The number of aromatic hydroxyl groups is 1. The molecule has 2 unspecified atom stereocenters. The average Bonchev–Trinajstić information content (AvgIpc) is 2.67. The minimum atomic E-state index is -0.611. The summed E-state index contributed by atoms with van der Waals surface area (Å²) in [6.45, 7) is 3.34. The molecule has 3 rings (SSSR count). The maximum Gasteiger partial charge on any atom is 0.261 e. The molecule has 144 valence electrons. The Kier molecular flexibility index (Phi) is 7.36. The predicted octanol–water partition coefficient (Wildman–Crippen LogP) is -1.82. The molecule has 0 saturated carbocycles. The van der Waals surface area contributed by atoms with Gasteiger partial charge < -0.3 is 27.9 Å². The minimum Gasteiger partial charge on any atom is -1.00 e. The lowest BCUT2D eigenvalue weighted by molar-refractivity contribution is -0.694. The first-order valence-corrected chi connectivity index (χ1v) is 8.81. The van der Waals surface area contributed by atoms with Crippen LogP contribution in [0.4, 0.5) is 0 Å². The quantitative estimate of drug-likeness (QED) is 0.415. The number of hydrogen-bond donors (Lipinski definition) is 3. The maximum atomic E-state index is 12.4. The number of phenolic OH excluding ortho intramolecular Hbond substituents is 1. The van der Waals surface area contributed by atoms with Gasteiger partial charge in [0.2, 0.25) is 0 Å². The fourth-order valence-corrected chi connectivity index (χ4v) is 3.01. The van der Waals surface area contributed by atoms with Crippen molar-refractivity contribution in [3.8, 4) is 5.75 Å². The van der Waals surface area contributed by atoms with Crippen LogP contribution in [0.15, 0.2) is 59.7 Å². The van der Waals surface area contributed by atoms with Gasteiger partial charge in [-0.25, -0.2) is 4.98 Å². The van der Waals surface area contributed by atoms with Crippen LogP contribution in [0.3, 0.4) is 0 Å². The van der Waals surface area contributed by atoms with Crippen LogP contribution in [-0.2, 0) is 6.54 Å². The summed E-state index contributed by atoms with van der Waals surface area (Å²) in [6, 6.07) is 13.9. The lowest BCUT2D eigenvalue weighted by Gasteiger charge is -2.18. The molecule has 0 saturated heterocycles. The molecule has 6 nitrogen and oxygen atoms in total. The molecule has 2 atom stereocenters. The average molecular weight is 390 g/mol. The number of nitrogens with two attached hydrogens (primary N) is 1. The van der Waals surface area contributed by atoms with Crippen molar-refractivity contribution in [1.29, 1.82) is 0 Å². The molecule has 3 aromatic rings. The highest BCUT2D eigenvalue weighted by Gasteiger charge is 2.18. The number of para-hydroxylation sites is 1. The second kappa shape index (κ2) is 9.50. The summed E-state index contributed by atoms with van der Waals surface area (Å²) in [4.78, 5) is 16.8. The minimum absolute atomic E-state index is 0. The molecule has 0 aliphatic carbocycles. The highest BCUT2D eigenvalue weighted by molar-refractivity contribution is 5.76. The van der Waals surface area contributed by atoms with Gasteiger partial charge in [0.05, 0.1) is 23.8 Å². The Labute approximate surface area is 163 Å². The Morgan fingerprint density at radius 1 is 1.15 bits per heavy atom. The summed E-state index contributed by atoms with van der Waals surface area (Å²) < 4.78 is 1.64. The van der Waals surface area contributed by atoms with E-state index in [0.717, 1.165) is 18.5 Å². The van der Waals surface area contributed by atoms with E-state index >= 15 is 0 Å². The summed E-state index contributed by atoms with van der Waals surface area (Å²) in [5, 5.41) is 22.4. The molecule has 2 aromatic carbocycles. The molecule has 0 radical (unpaired) electrons. The van der Waals surface area contributed by atoms with Crippen molar-refractivity contribution in [2.75, 3.05) is 6.54 Å². The highest BCUT2D eigenvalue weighted by Crippen LogP contribution is 2.18. The SMILES string of the molecule is CC([NH2+]CCCn1cnc2ccccc2c1=O)C(O)c1ccc(O)cc1.[Cl-]. The van der Waals surface area contributed by atoms with Crippen molar-refractivity contribution < 1.29 is 27.9 Å². The smallest absolute Gasteiger partial charge is 0.261 e. The summed E-state index contributed by atoms with van der Waals surface area (Å²) >= 11 is 0. The standard InChI is InChI=1S/C20H23N3O3.ClH/c1-14(19(25)15-7-9-16(24)10-8-15)21-11-4-12-23-13-22-18-6-3-2-5-17(18)20(23)26;/h2-3,5-10,13-14,19,21,24-25H,4,11-12H2,1H3;1H. The van der Waals surface area contributed by atoms with Gasteiger partial charge in [-0.15, -0.1) is 0 Å². The number of hydrogen-bond acceptors (Lipinski definition) is 4. The number of aliphatic hydroxyl groups is 1. The van der Waals surface area contributed by atoms with Gasteiger partial charge in [0.1, 0.15) is 17.9 Å². The van der Waals surface area contributed by atoms with Crippen molar-refractivity contribution in [1.82, 2.24) is 9.55 Å². The highest BCUT2D eigenvalue weighted by atomic mass is 35.5. The van der Waals surface area contributed by atoms with Gasteiger partial charge >= 0.3 is 0 Å². The summed E-state index contributed by atoms with van der Waals surface area (Å²) in [6.07, 6.45) is 1.78. The number of benzene rings is 2. The van der Waals surface area contributed by atoms with E-state index in [0.29, 0.717) is 17.4 Å². The Bertz CT molecular complexity index is 928. The van der Waals surface area contributed by atoms with E-state index < -0.39 is 6.10 Å². The van der Waals surface area contributed by atoms with Gasteiger partial charge in [0.25, 0.3) is 5.56 Å². The molecule has 0 bridgehead atoms. The lowest BCUT2D eigenvalue weighted by atomic mass is 10.0. The van der Waals surface area contributed by atoms with Gasteiger partial charge in [-0.2, -0.15) is 0 Å². The first-order valence-electron chi connectivity index (χ1n) is 8.81. The molecular weight excluding hydrogens is 366 g/mol. The van der Waals surface area contributed by atoms with Crippen molar-refractivity contribution in [3.63, 3.8) is 0 Å².